The first kappa shape index (κ1) is 15.9. The van der Waals surface area contributed by atoms with Crippen molar-refractivity contribution >= 4 is 17.7 Å². The van der Waals surface area contributed by atoms with Gasteiger partial charge in [0.25, 0.3) is 0 Å². The van der Waals surface area contributed by atoms with Gasteiger partial charge in [-0.25, -0.2) is 4.79 Å². The number of Topliss-reactive ketones (excluding diaryl/α,β-unsaturated/α-hetero) is 1. The quantitative estimate of drug-likeness (QED) is 0.251. The van der Waals surface area contributed by atoms with Crippen molar-refractivity contribution in [3.63, 3.8) is 0 Å². The van der Waals surface area contributed by atoms with Crippen LogP contribution >= 0.6 is 0 Å². The summed E-state index contributed by atoms with van der Waals surface area (Å²) in [5.41, 5.74) is 1.36. The molecule has 1 aromatic carbocycles. The zero-order valence-electron chi connectivity index (χ0n) is 11.8. The van der Waals surface area contributed by atoms with Gasteiger partial charge in [0.05, 0.1) is 12.3 Å². The molecule has 0 bridgehead atoms. The lowest BCUT2D eigenvalue weighted by molar-refractivity contribution is 0.0610. The molecule has 0 saturated carbocycles. The summed E-state index contributed by atoms with van der Waals surface area (Å²) in [4.78, 5) is 27.3. The van der Waals surface area contributed by atoms with Crippen molar-refractivity contribution in [2.45, 2.75) is 33.1 Å². The van der Waals surface area contributed by atoms with Crippen LogP contribution in [0.5, 0.6) is 0 Å². The molecule has 0 unspecified atom stereocenters. The summed E-state index contributed by atoms with van der Waals surface area (Å²) in [5.74, 6) is 0.102. The SMILES string of the molecule is CCOC(=O)ON=C(C)CCCC(=O)c1ccccc1. The lowest BCUT2D eigenvalue weighted by Crippen LogP contribution is -2.05. The van der Waals surface area contributed by atoms with Gasteiger partial charge in [-0.3, -0.25) is 9.63 Å². The summed E-state index contributed by atoms with van der Waals surface area (Å²) in [6, 6.07) is 9.15. The highest BCUT2D eigenvalue weighted by Crippen LogP contribution is 2.07. The number of carbonyl (C=O) groups is 2. The number of rotatable bonds is 7. The van der Waals surface area contributed by atoms with E-state index < -0.39 is 6.16 Å². The Kier molecular flexibility index (Phi) is 7.03. The fourth-order valence-electron chi connectivity index (χ4n) is 1.58. The topological polar surface area (TPSA) is 65.0 Å². The molecule has 20 heavy (non-hydrogen) atoms. The number of hydrogen-bond acceptors (Lipinski definition) is 5. The summed E-state index contributed by atoms with van der Waals surface area (Å²) in [6.07, 6.45) is 0.885. The Morgan fingerprint density at radius 3 is 2.50 bits per heavy atom. The molecule has 0 heterocycles. The molecular weight excluding hydrogens is 258 g/mol. The number of oxime groups is 1. The van der Waals surface area contributed by atoms with Crippen LogP contribution < -0.4 is 0 Å². The van der Waals surface area contributed by atoms with Crippen molar-refractivity contribution in [2.75, 3.05) is 6.61 Å². The Balaban J connectivity index is 2.28. The van der Waals surface area contributed by atoms with Gasteiger partial charge in [-0.1, -0.05) is 35.5 Å². The molecule has 0 N–H and O–H groups in total. The molecule has 0 radical (unpaired) electrons. The third-order valence-corrected chi connectivity index (χ3v) is 2.58. The van der Waals surface area contributed by atoms with Crippen LogP contribution in [-0.2, 0) is 9.57 Å². The van der Waals surface area contributed by atoms with E-state index in [1.54, 1.807) is 26.0 Å². The van der Waals surface area contributed by atoms with E-state index in [2.05, 4.69) is 14.7 Å². The molecule has 1 rings (SSSR count). The van der Waals surface area contributed by atoms with Crippen molar-refractivity contribution < 1.29 is 19.2 Å². The number of ether oxygens (including phenoxy) is 1. The minimum absolute atomic E-state index is 0.102. The normalized spacial score (nSPS) is 11.0. The van der Waals surface area contributed by atoms with E-state index in [0.717, 1.165) is 0 Å². The summed E-state index contributed by atoms with van der Waals surface area (Å²) in [6.45, 7) is 3.68. The molecule has 0 aliphatic heterocycles. The number of benzene rings is 1. The van der Waals surface area contributed by atoms with E-state index in [1.165, 1.54) is 0 Å². The van der Waals surface area contributed by atoms with Crippen LogP contribution in [0.3, 0.4) is 0 Å². The van der Waals surface area contributed by atoms with Gasteiger partial charge < -0.3 is 4.74 Å². The van der Waals surface area contributed by atoms with Crippen LogP contribution in [0.25, 0.3) is 0 Å². The summed E-state index contributed by atoms with van der Waals surface area (Å²) in [7, 11) is 0. The first-order chi connectivity index (χ1) is 9.63. The molecule has 0 fully saturated rings. The van der Waals surface area contributed by atoms with Crippen LogP contribution in [0.1, 0.15) is 43.5 Å². The Hall–Kier alpha value is -2.17. The highest BCUT2D eigenvalue weighted by atomic mass is 16.8. The van der Waals surface area contributed by atoms with E-state index in [0.29, 0.717) is 30.5 Å². The maximum Gasteiger partial charge on any atom is 0.535 e. The fraction of sp³-hybridized carbons (Fsp3) is 0.400. The molecule has 108 valence electrons. The summed E-state index contributed by atoms with van der Waals surface area (Å²) < 4.78 is 4.57. The molecular formula is C15H19NO4. The Labute approximate surface area is 118 Å². The van der Waals surface area contributed by atoms with E-state index in [1.807, 2.05) is 18.2 Å². The van der Waals surface area contributed by atoms with Gasteiger partial charge in [0.15, 0.2) is 5.78 Å². The van der Waals surface area contributed by atoms with Gasteiger partial charge in [0, 0.05) is 12.0 Å². The molecule has 0 aliphatic rings. The van der Waals surface area contributed by atoms with Crippen LogP contribution in [-0.4, -0.2) is 24.3 Å². The Bertz CT molecular complexity index is 468. The third kappa shape index (κ3) is 6.13. The molecule has 0 spiro atoms. The van der Waals surface area contributed by atoms with Gasteiger partial charge in [-0.05, 0) is 26.7 Å². The van der Waals surface area contributed by atoms with Gasteiger partial charge in [0.2, 0.25) is 0 Å². The highest BCUT2D eigenvalue weighted by Gasteiger charge is 2.06. The third-order valence-electron chi connectivity index (χ3n) is 2.58. The largest absolute Gasteiger partial charge is 0.535 e. The fourth-order valence-corrected chi connectivity index (χ4v) is 1.58. The zero-order valence-corrected chi connectivity index (χ0v) is 11.8. The first-order valence-electron chi connectivity index (χ1n) is 6.59. The van der Waals surface area contributed by atoms with Crippen LogP contribution in [0.4, 0.5) is 4.79 Å². The van der Waals surface area contributed by atoms with Gasteiger partial charge >= 0.3 is 6.16 Å². The molecule has 0 aliphatic carbocycles. The maximum absolute atomic E-state index is 11.8. The van der Waals surface area contributed by atoms with E-state index in [-0.39, 0.29) is 12.4 Å². The van der Waals surface area contributed by atoms with Crippen LogP contribution in [0, 0.1) is 0 Å². The lowest BCUT2D eigenvalue weighted by Gasteiger charge is -2.02. The van der Waals surface area contributed by atoms with Crippen molar-refractivity contribution in [1.29, 1.82) is 0 Å². The Morgan fingerprint density at radius 1 is 1.15 bits per heavy atom. The van der Waals surface area contributed by atoms with Gasteiger partial charge in [-0.2, -0.15) is 0 Å². The summed E-state index contributed by atoms with van der Waals surface area (Å²) in [5, 5.41) is 3.64. The van der Waals surface area contributed by atoms with E-state index >= 15 is 0 Å². The second-order valence-corrected chi connectivity index (χ2v) is 4.24. The highest BCUT2D eigenvalue weighted by molar-refractivity contribution is 5.96. The second kappa shape index (κ2) is 8.85. The monoisotopic (exact) mass is 277 g/mol. The van der Waals surface area contributed by atoms with Gasteiger partial charge in [0.1, 0.15) is 0 Å². The van der Waals surface area contributed by atoms with Gasteiger partial charge in [-0.15, -0.1) is 0 Å². The average Bonchev–Trinajstić information content (AvgIpc) is 2.46. The molecule has 0 saturated heterocycles. The smallest absolute Gasteiger partial charge is 0.433 e. The molecule has 1 aromatic rings. The first-order valence-corrected chi connectivity index (χ1v) is 6.59. The Morgan fingerprint density at radius 2 is 1.85 bits per heavy atom. The summed E-state index contributed by atoms with van der Waals surface area (Å²) >= 11 is 0. The van der Waals surface area contributed by atoms with Crippen molar-refractivity contribution in [3.8, 4) is 0 Å². The molecule has 5 heteroatoms. The number of carbonyl (C=O) groups excluding carboxylic acids is 2. The van der Waals surface area contributed by atoms with Crippen molar-refractivity contribution in [1.82, 2.24) is 0 Å². The molecule has 0 amide bonds. The number of ketones is 1. The van der Waals surface area contributed by atoms with E-state index in [9.17, 15) is 9.59 Å². The standard InChI is InChI=1S/C15H19NO4/c1-3-19-15(18)20-16-12(2)8-7-11-14(17)13-9-5-4-6-10-13/h4-6,9-10H,3,7-8,11H2,1-2H3. The van der Waals surface area contributed by atoms with Crippen molar-refractivity contribution in [3.05, 3.63) is 35.9 Å². The molecule has 0 aromatic heterocycles. The number of hydrogen-bond donors (Lipinski definition) is 0. The molecule has 5 nitrogen and oxygen atoms in total. The predicted molar refractivity (Wildman–Crippen MR) is 75.8 cm³/mol. The number of nitrogens with zero attached hydrogens (tertiary/aromatic N) is 1. The van der Waals surface area contributed by atoms with Crippen LogP contribution in [0.2, 0.25) is 0 Å². The maximum atomic E-state index is 11.8. The minimum Gasteiger partial charge on any atom is -0.433 e. The molecule has 0 atom stereocenters. The second-order valence-electron chi connectivity index (χ2n) is 4.24. The van der Waals surface area contributed by atoms with E-state index in [4.69, 9.17) is 0 Å². The minimum atomic E-state index is -0.813. The van der Waals surface area contributed by atoms with Crippen LogP contribution in [0.15, 0.2) is 35.5 Å². The average molecular weight is 277 g/mol. The zero-order chi connectivity index (χ0) is 14.8. The lowest BCUT2D eigenvalue weighted by atomic mass is 10.0. The van der Waals surface area contributed by atoms with Crippen molar-refractivity contribution in [2.24, 2.45) is 5.16 Å². The predicted octanol–water partition coefficient (Wildman–Crippen LogP) is 3.59.